The van der Waals surface area contributed by atoms with Crippen molar-refractivity contribution in [1.82, 2.24) is 5.32 Å². The Morgan fingerprint density at radius 3 is 2.57 bits per heavy atom. The summed E-state index contributed by atoms with van der Waals surface area (Å²) >= 11 is 0. The van der Waals surface area contributed by atoms with Crippen LogP contribution in [0.1, 0.15) is 39.0 Å². The van der Waals surface area contributed by atoms with Crippen LogP contribution in [0.3, 0.4) is 0 Å². The number of nitrogens with zero attached hydrogens (tertiary/aromatic N) is 1. The number of rotatable bonds is 2. The molecule has 76 valence electrons. The van der Waals surface area contributed by atoms with Crippen LogP contribution in [-0.2, 0) is 4.79 Å². The highest BCUT2D eigenvalue weighted by molar-refractivity contribution is 5.97. The minimum Gasteiger partial charge on any atom is -0.349 e. The minimum atomic E-state index is -0.220. The van der Waals surface area contributed by atoms with Crippen molar-refractivity contribution in [3.63, 3.8) is 0 Å². The van der Waals surface area contributed by atoms with Crippen LogP contribution in [0.5, 0.6) is 0 Å². The summed E-state index contributed by atoms with van der Waals surface area (Å²) in [6.45, 7) is 1.71. The van der Waals surface area contributed by atoms with Gasteiger partial charge in [0, 0.05) is 6.04 Å². The maximum atomic E-state index is 11.5. The van der Waals surface area contributed by atoms with Gasteiger partial charge in [0.2, 0.25) is 0 Å². The van der Waals surface area contributed by atoms with E-state index in [0.717, 1.165) is 12.8 Å². The van der Waals surface area contributed by atoms with Crippen molar-refractivity contribution >= 4 is 5.91 Å². The number of hydrogen-bond acceptors (Lipinski definition) is 2. The quantitative estimate of drug-likeness (QED) is 0.536. The number of nitrogens with one attached hydrogen (secondary N) is 1. The zero-order valence-electron chi connectivity index (χ0n) is 8.55. The SMILES string of the molecule is C/C=C(\C#N)C(=O)NC1CCCCC1. The van der Waals surface area contributed by atoms with E-state index < -0.39 is 0 Å². The molecule has 0 saturated heterocycles. The molecule has 0 aromatic heterocycles. The average molecular weight is 192 g/mol. The Morgan fingerprint density at radius 2 is 2.07 bits per heavy atom. The zero-order chi connectivity index (χ0) is 10.4. The maximum absolute atomic E-state index is 11.5. The van der Waals surface area contributed by atoms with E-state index in [-0.39, 0.29) is 17.5 Å². The van der Waals surface area contributed by atoms with Crippen LogP contribution in [0.15, 0.2) is 11.6 Å². The van der Waals surface area contributed by atoms with Crippen molar-refractivity contribution in [2.24, 2.45) is 0 Å². The van der Waals surface area contributed by atoms with Crippen molar-refractivity contribution < 1.29 is 4.79 Å². The van der Waals surface area contributed by atoms with Crippen molar-refractivity contribution in [3.05, 3.63) is 11.6 Å². The molecular weight excluding hydrogens is 176 g/mol. The summed E-state index contributed by atoms with van der Waals surface area (Å²) in [5.74, 6) is -0.220. The number of carbonyl (C=O) groups excluding carboxylic acids is 1. The fraction of sp³-hybridized carbons (Fsp3) is 0.636. The Kier molecular flexibility index (Phi) is 4.18. The molecule has 0 atom stereocenters. The van der Waals surface area contributed by atoms with Gasteiger partial charge in [-0.1, -0.05) is 25.3 Å². The fourth-order valence-electron chi connectivity index (χ4n) is 1.76. The normalized spacial score (nSPS) is 18.7. The van der Waals surface area contributed by atoms with E-state index in [0.29, 0.717) is 0 Å². The van der Waals surface area contributed by atoms with Crippen LogP contribution in [0, 0.1) is 11.3 Å². The molecule has 3 nitrogen and oxygen atoms in total. The lowest BCUT2D eigenvalue weighted by atomic mass is 9.95. The van der Waals surface area contributed by atoms with Gasteiger partial charge in [0.05, 0.1) is 0 Å². The van der Waals surface area contributed by atoms with Gasteiger partial charge in [-0.25, -0.2) is 0 Å². The lowest BCUT2D eigenvalue weighted by Crippen LogP contribution is -2.36. The highest BCUT2D eigenvalue weighted by atomic mass is 16.1. The largest absolute Gasteiger partial charge is 0.349 e. The molecule has 14 heavy (non-hydrogen) atoms. The monoisotopic (exact) mass is 192 g/mol. The Bertz CT molecular complexity index is 270. The lowest BCUT2D eigenvalue weighted by molar-refractivity contribution is -0.118. The number of carbonyl (C=O) groups is 1. The molecule has 0 heterocycles. The third-order valence-corrected chi connectivity index (χ3v) is 2.59. The van der Waals surface area contributed by atoms with Crippen LogP contribution in [0.4, 0.5) is 0 Å². The van der Waals surface area contributed by atoms with Gasteiger partial charge >= 0.3 is 0 Å². The van der Waals surface area contributed by atoms with Crippen molar-refractivity contribution in [3.8, 4) is 6.07 Å². The first-order chi connectivity index (χ1) is 6.77. The zero-order valence-corrected chi connectivity index (χ0v) is 8.55. The van der Waals surface area contributed by atoms with Crippen molar-refractivity contribution in [2.45, 2.75) is 45.1 Å². The molecule has 0 spiro atoms. The van der Waals surface area contributed by atoms with E-state index in [2.05, 4.69) is 5.32 Å². The van der Waals surface area contributed by atoms with Gasteiger partial charge in [-0.15, -0.1) is 0 Å². The molecule has 1 N–H and O–H groups in total. The number of amides is 1. The highest BCUT2D eigenvalue weighted by Crippen LogP contribution is 2.17. The predicted octanol–water partition coefficient (Wildman–Crippen LogP) is 1.91. The molecule has 0 aliphatic heterocycles. The van der Waals surface area contributed by atoms with Crippen LogP contribution < -0.4 is 5.32 Å². The van der Waals surface area contributed by atoms with Gasteiger partial charge in [-0.3, -0.25) is 4.79 Å². The van der Waals surface area contributed by atoms with Crippen LogP contribution in [0.2, 0.25) is 0 Å². The lowest BCUT2D eigenvalue weighted by Gasteiger charge is -2.22. The van der Waals surface area contributed by atoms with Crippen molar-refractivity contribution in [1.29, 1.82) is 5.26 Å². The standard InChI is InChI=1S/C11H16N2O/c1-2-9(8-12)11(14)13-10-6-4-3-5-7-10/h2,10H,3-7H2,1H3,(H,13,14)/b9-2+. The first-order valence-electron chi connectivity index (χ1n) is 5.15. The first-order valence-corrected chi connectivity index (χ1v) is 5.15. The molecule has 1 rings (SSSR count). The number of hydrogen-bond donors (Lipinski definition) is 1. The summed E-state index contributed by atoms with van der Waals surface area (Å²) in [6.07, 6.45) is 7.28. The summed E-state index contributed by atoms with van der Waals surface area (Å²) < 4.78 is 0. The van der Waals surface area contributed by atoms with E-state index in [1.807, 2.05) is 6.07 Å². The summed E-state index contributed by atoms with van der Waals surface area (Å²) in [4.78, 5) is 11.5. The van der Waals surface area contributed by atoms with E-state index in [1.54, 1.807) is 13.0 Å². The second-order valence-electron chi connectivity index (χ2n) is 3.62. The van der Waals surface area contributed by atoms with E-state index in [1.165, 1.54) is 19.3 Å². The smallest absolute Gasteiger partial charge is 0.261 e. The Morgan fingerprint density at radius 1 is 1.43 bits per heavy atom. The van der Waals surface area contributed by atoms with E-state index >= 15 is 0 Å². The number of allylic oxidation sites excluding steroid dienone is 1. The van der Waals surface area contributed by atoms with Gasteiger partial charge in [-0.05, 0) is 19.8 Å². The molecule has 0 unspecified atom stereocenters. The minimum absolute atomic E-state index is 0.218. The third-order valence-electron chi connectivity index (χ3n) is 2.59. The predicted molar refractivity (Wildman–Crippen MR) is 54.4 cm³/mol. The van der Waals surface area contributed by atoms with Gasteiger partial charge in [-0.2, -0.15) is 5.26 Å². The number of nitriles is 1. The van der Waals surface area contributed by atoms with Crippen LogP contribution in [-0.4, -0.2) is 11.9 Å². The first kappa shape index (κ1) is 10.8. The molecule has 1 aliphatic rings. The third kappa shape index (κ3) is 2.88. The maximum Gasteiger partial charge on any atom is 0.261 e. The van der Waals surface area contributed by atoms with E-state index in [4.69, 9.17) is 5.26 Å². The molecule has 0 radical (unpaired) electrons. The Hall–Kier alpha value is -1.30. The highest BCUT2D eigenvalue weighted by Gasteiger charge is 2.17. The molecule has 3 heteroatoms. The average Bonchev–Trinajstić information content (AvgIpc) is 2.21. The van der Waals surface area contributed by atoms with Gasteiger partial charge in [0.25, 0.3) is 5.91 Å². The van der Waals surface area contributed by atoms with E-state index in [9.17, 15) is 4.79 Å². The second kappa shape index (κ2) is 5.43. The second-order valence-corrected chi connectivity index (χ2v) is 3.62. The molecule has 1 fully saturated rings. The Balaban J connectivity index is 2.43. The molecule has 0 bridgehead atoms. The topological polar surface area (TPSA) is 52.9 Å². The molecule has 0 aromatic carbocycles. The fourth-order valence-corrected chi connectivity index (χ4v) is 1.76. The molecule has 0 aromatic rings. The van der Waals surface area contributed by atoms with Gasteiger partial charge < -0.3 is 5.32 Å². The van der Waals surface area contributed by atoms with Gasteiger partial charge in [0.1, 0.15) is 11.6 Å². The van der Waals surface area contributed by atoms with Crippen molar-refractivity contribution in [2.75, 3.05) is 0 Å². The summed E-state index contributed by atoms with van der Waals surface area (Å²) in [6, 6.07) is 2.17. The summed E-state index contributed by atoms with van der Waals surface area (Å²) in [5, 5.41) is 11.5. The van der Waals surface area contributed by atoms with Crippen LogP contribution >= 0.6 is 0 Å². The molecular formula is C11H16N2O. The summed E-state index contributed by atoms with van der Waals surface area (Å²) in [5.41, 5.74) is 0.218. The molecule has 1 amide bonds. The summed E-state index contributed by atoms with van der Waals surface area (Å²) in [7, 11) is 0. The molecule has 1 saturated carbocycles. The van der Waals surface area contributed by atoms with Gasteiger partial charge in [0.15, 0.2) is 0 Å². The Labute approximate surface area is 84.8 Å². The molecule has 1 aliphatic carbocycles. The van der Waals surface area contributed by atoms with Crippen LogP contribution in [0.25, 0.3) is 0 Å².